The van der Waals surface area contributed by atoms with Gasteiger partial charge in [-0.2, -0.15) is 18.3 Å². The first-order chi connectivity index (χ1) is 10.8. The van der Waals surface area contributed by atoms with E-state index in [1.807, 2.05) is 0 Å². The van der Waals surface area contributed by atoms with Crippen molar-refractivity contribution in [2.75, 3.05) is 6.54 Å². The van der Waals surface area contributed by atoms with E-state index in [2.05, 4.69) is 10.4 Å². The minimum absolute atomic E-state index is 0.0243. The van der Waals surface area contributed by atoms with Crippen molar-refractivity contribution in [2.24, 2.45) is 7.05 Å². The Bertz CT molecular complexity index is 769. The van der Waals surface area contributed by atoms with E-state index in [0.29, 0.717) is 0 Å². The molecular weight excluding hydrogens is 311 g/mol. The van der Waals surface area contributed by atoms with Gasteiger partial charge in [0.15, 0.2) is 0 Å². The van der Waals surface area contributed by atoms with Crippen molar-refractivity contribution in [3.8, 4) is 0 Å². The molecule has 1 aromatic heterocycles. The molecule has 1 amide bonds. The first kappa shape index (κ1) is 16.7. The molecule has 8 heteroatoms. The summed E-state index contributed by atoms with van der Waals surface area (Å²) in [4.78, 5) is 23.1. The molecule has 23 heavy (non-hydrogen) atoms. The Balaban J connectivity index is 2.01. The number of carbonyl (C=O) groups is 1. The molecule has 2 rings (SSSR count). The van der Waals surface area contributed by atoms with Gasteiger partial charge in [-0.15, -0.1) is 0 Å². The molecule has 1 aromatic carbocycles. The van der Waals surface area contributed by atoms with E-state index in [0.717, 1.165) is 10.7 Å². The Labute approximate surface area is 129 Å². The predicted molar refractivity (Wildman–Crippen MR) is 77.0 cm³/mol. The van der Waals surface area contributed by atoms with Crippen LogP contribution < -0.4 is 10.9 Å². The second-order valence-corrected chi connectivity index (χ2v) is 4.84. The Morgan fingerprint density at radius 2 is 1.91 bits per heavy atom. The molecule has 0 atom stereocenters. The van der Waals surface area contributed by atoms with Crippen LogP contribution in [0.2, 0.25) is 0 Å². The zero-order valence-corrected chi connectivity index (χ0v) is 12.2. The van der Waals surface area contributed by atoms with Crippen LogP contribution in [0.1, 0.15) is 21.6 Å². The number of nitrogens with zero attached hydrogens (tertiary/aromatic N) is 2. The maximum absolute atomic E-state index is 12.9. The summed E-state index contributed by atoms with van der Waals surface area (Å²) in [6.45, 7) is 0.0243. The van der Waals surface area contributed by atoms with Gasteiger partial charge in [-0.3, -0.25) is 9.59 Å². The molecule has 0 fully saturated rings. The molecule has 122 valence electrons. The lowest BCUT2D eigenvalue weighted by Crippen LogP contribution is -2.30. The predicted octanol–water partition coefficient (Wildman–Crippen LogP) is 1.77. The van der Waals surface area contributed by atoms with E-state index < -0.39 is 17.6 Å². The van der Waals surface area contributed by atoms with Crippen LogP contribution in [-0.4, -0.2) is 22.2 Å². The molecule has 0 aliphatic heterocycles. The summed E-state index contributed by atoms with van der Waals surface area (Å²) in [5, 5.41) is 6.26. The summed E-state index contributed by atoms with van der Waals surface area (Å²) < 4.78 is 39.6. The van der Waals surface area contributed by atoms with Crippen molar-refractivity contribution in [2.45, 2.75) is 12.6 Å². The lowest BCUT2D eigenvalue weighted by molar-refractivity contribution is -0.138. The molecule has 0 bridgehead atoms. The maximum Gasteiger partial charge on any atom is 0.416 e. The third kappa shape index (κ3) is 4.18. The smallest absolute Gasteiger partial charge is 0.350 e. The molecule has 0 spiro atoms. The largest absolute Gasteiger partial charge is 0.416 e. The van der Waals surface area contributed by atoms with Crippen molar-refractivity contribution in [1.82, 2.24) is 15.1 Å². The number of hydrogen-bond donors (Lipinski definition) is 1. The Morgan fingerprint density at radius 3 is 2.57 bits per heavy atom. The summed E-state index contributed by atoms with van der Waals surface area (Å²) in [6.07, 6.45) is -4.40. The Hall–Kier alpha value is -2.64. The number of carbonyl (C=O) groups excluding carboxylic acids is 1. The average Bonchev–Trinajstić information content (AvgIpc) is 2.49. The lowest BCUT2D eigenvalue weighted by Gasteiger charge is -2.12. The summed E-state index contributed by atoms with van der Waals surface area (Å²) >= 11 is 0. The van der Waals surface area contributed by atoms with Crippen molar-refractivity contribution in [3.05, 3.63) is 63.6 Å². The monoisotopic (exact) mass is 325 g/mol. The van der Waals surface area contributed by atoms with E-state index in [-0.39, 0.29) is 29.8 Å². The number of hydrogen-bond acceptors (Lipinski definition) is 3. The van der Waals surface area contributed by atoms with Gasteiger partial charge in [0.25, 0.3) is 11.5 Å². The third-order valence-electron chi connectivity index (χ3n) is 3.20. The fourth-order valence-electron chi connectivity index (χ4n) is 2.04. The number of aryl methyl sites for hydroxylation is 1. The molecule has 1 heterocycles. The van der Waals surface area contributed by atoms with Crippen molar-refractivity contribution in [3.63, 3.8) is 0 Å². The van der Waals surface area contributed by atoms with Gasteiger partial charge in [0, 0.05) is 19.7 Å². The van der Waals surface area contributed by atoms with E-state index in [4.69, 9.17) is 0 Å². The van der Waals surface area contributed by atoms with Crippen LogP contribution in [-0.2, 0) is 19.6 Å². The molecule has 0 aliphatic carbocycles. The standard InChI is InChI=1S/C15H14F3N3O2/c1-21-13(22)7-6-12(20-21)14(23)19-9-8-10-4-2-3-5-11(10)15(16,17)18/h2-7H,8-9H2,1H3,(H,19,23). The van der Waals surface area contributed by atoms with Gasteiger partial charge >= 0.3 is 6.18 Å². The SMILES string of the molecule is Cn1nc(C(=O)NCCc2ccccc2C(F)(F)F)ccc1=O. The van der Waals surface area contributed by atoms with Crippen molar-refractivity contribution >= 4 is 5.91 Å². The second kappa shape index (κ2) is 6.64. The molecule has 0 unspecified atom stereocenters. The lowest BCUT2D eigenvalue weighted by atomic mass is 10.0. The average molecular weight is 325 g/mol. The minimum atomic E-state index is -4.43. The van der Waals surface area contributed by atoms with Gasteiger partial charge in [-0.1, -0.05) is 18.2 Å². The van der Waals surface area contributed by atoms with Crippen LogP contribution in [0.3, 0.4) is 0 Å². The highest BCUT2D eigenvalue weighted by Gasteiger charge is 2.32. The number of aromatic nitrogens is 2. The van der Waals surface area contributed by atoms with E-state index >= 15 is 0 Å². The highest BCUT2D eigenvalue weighted by Crippen LogP contribution is 2.31. The first-order valence-corrected chi connectivity index (χ1v) is 6.76. The number of rotatable bonds is 4. The summed E-state index contributed by atoms with van der Waals surface area (Å²) in [7, 11) is 1.40. The number of nitrogens with one attached hydrogen (secondary N) is 1. The van der Waals surface area contributed by atoms with Crippen molar-refractivity contribution in [1.29, 1.82) is 0 Å². The third-order valence-corrected chi connectivity index (χ3v) is 3.20. The maximum atomic E-state index is 12.9. The summed E-state index contributed by atoms with van der Waals surface area (Å²) in [5.74, 6) is -0.551. The van der Waals surface area contributed by atoms with Crippen LogP contribution in [0.4, 0.5) is 13.2 Å². The Morgan fingerprint density at radius 1 is 1.22 bits per heavy atom. The summed E-state index contributed by atoms with van der Waals surface area (Å²) in [5.41, 5.74) is -0.944. The molecule has 5 nitrogen and oxygen atoms in total. The van der Waals surface area contributed by atoms with Gasteiger partial charge in [-0.05, 0) is 24.1 Å². The van der Waals surface area contributed by atoms with Crippen LogP contribution in [0.15, 0.2) is 41.2 Å². The van der Waals surface area contributed by atoms with Crippen molar-refractivity contribution < 1.29 is 18.0 Å². The first-order valence-electron chi connectivity index (χ1n) is 6.76. The van der Waals surface area contributed by atoms with Gasteiger partial charge in [0.05, 0.1) is 5.56 Å². The minimum Gasteiger partial charge on any atom is -0.350 e. The highest BCUT2D eigenvalue weighted by atomic mass is 19.4. The van der Waals surface area contributed by atoms with Gasteiger partial charge < -0.3 is 5.32 Å². The topological polar surface area (TPSA) is 64.0 Å². The number of benzene rings is 1. The Kier molecular flexibility index (Phi) is 4.83. The van der Waals surface area contributed by atoms with E-state index in [9.17, 15) is 22.8 Å². The molecule has 0 saturated heterocycles. The molecule has 2 aromatic rings. The van der Waals surface area contributed by atoms with Crippen LogP contribution in [0.25, 0.3) is 0 Å². The number of halogens is 3. The van der Waals surface area contributed by atoms with Gasteiger partial charge in [0.1, 0.15) is 5.69 Å². The molecule has 0 radical (unpaired) electrons. The molecule has 0 saturated carbocycles. The zero-order valence-electron chi connectivity index (χ0n) is 12.2. The normalized spacial score (nSPS) is 11.3. The fourth-order valence-corrected chi connectivity index (χ4v) is 2.04. The highest BCUT2D eigenvalue weighted by molar-refractivity contribution is 5.91. The van der Waals surface area contributed by atoms with Gasteiger partial charge in [0.2, 0.25) is 0 Å². The van der Waals surface area contributed by atoms with E-state index in [1.165, 1.54) is 37.4 Å². The summed E-state index contributed by atoms with van der Waals surface area (Å²) in [6, 6.07) is 7.67. The fraction of sp³-hybridized carbons (Fsp3) is 0.267. The van der Waals surface area contributed by atoms with E-state index in [1.54, 1.807) is 0 Å². The molecule has 1 N–H and O–H groups in total. The number of alkyl halides is 3. The van der Waals surface area contributed by atoms with Crippen LogP contribution in [0.5, 0.6) is 0 Å². The molecule has 0 aliphatic rings. The quantitative estimate of drug-likeness (QED) is 0.932. The second-order valence-electron chi connectivity index (χ2n) is 4.84. The van der Waals surface area contributed by atoms with Crippen LogP contribution >= 0.6 is 0 Å². The zero-order chi connectivity index (χ0) is 17.0. The van der Waals surface area contributed by atoms with Gasteiger partial charge in [-0.25, -0.2) is 4.68 Å². The molecular formula is C15H14F3N3O2. The van der Waals surface area contributed by atoms with Crippen LogP contribution in [0, 0.1) is 0 Å². The number of amides is 1.